The van der Waals surface area contributed by atoms with Gasteiger partial charge in [-0.3, -0.25) is 9.78 Å². The molecule has 0 aliphatic heterocycles. The van der Waals surface area contributed by atoms with E-state index < -0.39 is 0 Å². The van der Waals surface area contributed by atoms with E-state index in [4.69, 9.17) is 10.5 Å². The van der Waals surface area contributed by atoms with Crippen LogP contribution >= 0.6 is 0 Å². The van der Waals surface area contributed by atoms with Gasteiger partial charge in [-0.1, -0.05) is 6.07 Å². The Bertz CT molecular complexity index is 599. The molecule has 0 bridgehead atoms. The van der Waals surface area contributed by atoms with Crippen LogP contribution in [0.5, 0.6) is 5.75 Å². The Morgan fingerprint density at radius 3 is 2.84 bits per heavy atom. The monoisotopic (exact) mass is 257 g/mol. The Kier molecular flexibility index (Phi) is 3.66. The van der Waals surface area contributed by atoms with Gasteiger partial charge < -0.3 is 15.4 Å². The lowest BCUT2D eigenvalue weighted by Crippen LogP contribution is -2.27. The maximum absolute atomic E-state index is 12.3. The zero-order chi connectivity index (χ0) is 13.8. The van der Waals surface area contributed by atoms with Crippen molar-refractivity contribution in [1.82, 2.24) is 4.98 Å². The van der Waals surface area contributed by atoms with Crippen LogP contribution in [0.25, 0.3) is 0 Å². The molecule has 0 atom stereocenters. The molecule has 2 rings (SSSR count). The summed E-state index contributed by atoms with van der Waals surface area (Å²) in [5, 5.41) is 0. The molecular weight excluding hydrogens is 242 g/mol. The lowest BCUT2D eigenvalue weighted by atomic mass is 10.2. The van der Waals surface area contributed by atoms with Crippen LogP contribution in [0.3, 0.4) is 0 Å². The summed E-state index contributed by atoms with van der Waals surface area (Å²) in [4.78, 5) is 17.7. The van der Waals surface area contributed by atoms with Gasteiger partial charge in [0.1, 0.15) is 5.75 Å². The molecule has 5 nitrogen and oxygen atoms in total. The lowest BCUT2D eigenvalue weighted by Gasteiger charge is -2.18. The van der Waals surface area contributed by atoms with E-state index in [1.807, 2.05) is 18.2 Å². The molecule has 0 aliphatic rings. The van der Waals surface area contributed by atoms with Gasteiger partial charge in [0.2, 0.25) is 0 Å². The molecule has 2 aromatic rings. The number of hydrogen-bond donors (Lipinski definition) is 1. The Balaban J connectivity index is 2.31. The molecule has 19 heavy (non-hydrogen) atoms. The third kappa shape index (κ3) is 2.65. The fourth-order valence-electron chi connectivity index (χ4n) is 1.72. The van der Waals surface area contributed by atoms with Gasteiger partial charge in [0.05, 0.1) is 24.6 Å². The maximum atomic E-state index is 12.3. The Labute approximate surface area is 111 Å². The summed E-state index contributed by atoms with van der Waals surface area (Å²) in [5.41, 5.74) is 7.29. The minimum atomic E-state index is -0.187. The number of anilines is 2. The standard InChI is InChI=1S/C14H15N3O2/c1-17(10-4-3-5-11(8-10)19-2)14(18)12-6-7-16-9-13(12)15/h3-9H,15H2,1-2H3. The van der Waals surface area contributed by atoms with E-state index in [1.54, 1.807) is 32.5 Å². The van der Waals surface area contributed by atoms with Crippen molar-refractivity contribution in [1.29, 1.82) is 0 Å². The molecule has 0 radical (unpaired) electrons. The molecule has 98 valence electrons. The summed E-state index contributed by atoms with van der Waals surface area (Å²) < 4.78 is 5.14. The molecule has 5 heteroatoms. The Hall–Kier alpha value is -2.56. The largest absolute Gasteiger partial charge is 0.497 e. The number of aromatic nitrogens is 1. The summed E-state index contributed by atoms with van der Waals surface area (Å²) in [7, 11) is 3.28. The predicted octanol–water partition coefficient (Wildman–Crippen LogP) is 1.95. The number of methoxy groups -OCH3 is 1. The highest BCUT2D eigenvalue weighted by Crippen LogP contribution is 2.22. The molecule has 1 aromatic heterocycles. The number of ether oxygens (including phenoxy) is 1. The molecule has 0 spiro atoms. The summed E-state index contributed by atoms with van der Waals surface area (Å²) in [6, 6.07) is 8.87. The van der Waals surface area contributed by atoms with Crippen molar-refractivity contribution < 1.29 is 9.53 Å². The molecule has 0 saturated heterocycles. The van der Waals surface area contributed by atoms with Crippen LogP contribution in [0.2, 0.25) is 0 Å². The molecule has 1 heterocycles. The van der Waals surface area contributed by atoms with Crippen LogP contribution in [0, 0.1) is 0 Å². The molecule has 2 N–H and O–H groups in total. The van der Waals surface area contributed by atoms with E-state index in [0.717, 1.165) is 5.69 Å². The number of amides is 1. The van der Waals surface area contributed by atoms with Crippen molar-refractivity contribution in [2.45, 2.75) is 0 Å². The highest BCUT2D eigenvalue weighted by molar-refractivity contribution is 6.08. The van der Waals surface area contributed by atoms with Crippen LogP contribution < -0.4 is 15.4 Å². The van der Waals surface area contributed by atoms with Crippen LogP contribution in [0.15, 0.2) is 42.7 Å². The topological polar surface area (TPSA) is 68.5 Å². The van der Waals surface area contributed by atoms with Gasteiger partial charge >= 0.3 is 0 Å². The summed E-state index contributed by atoms with van der Waals surface area (Å²) in [6.07, 6.45) is 3.01. The fourth-order valence-corrected chi connectivity index (χ4v) is 1.72. The van der Waals surface area contributed by atoms with Crippen LogP contribution in [0.4, 0.5) is 11.4 Å². The number of hydrogen-bond acceptors (Lipinski definition) is 4. The van der Waals surface area contributed by atoms with E-state index in [1.165, 1.54) is 11.1 Å². The lowest BCUT2D eigenvalue weighted by molar-refractivity contribution is 0.0994. The second kappa shape index (κ2) is 5.39. The van der Waals surface area contributed by atoms with Gasteiger partial charge in [-0.15, -0.1) is 0 Å². The van der Waals surface area contributed by atoms with Gasteiger partial charge in [-0.05, 0) is 18.2 Å². The fraction of sp³-hybridized carbons (Fsp3) is 0.143. The van der Waals surface area contributed by atoms with E-state index >= 15 is 0 Å². The minimum Gasteiger partial charge on any atom is -0.497 e. The van der Waals surface area contributed by atoms with Crippen LogP contribution in [-0.2, 0) is 0 Å². The number of nitrogen functional groups attached to an aromatic ring is 1. The van der Waals surface area contributed by atoms with Crippen molar-refractivity contribution in [3.63, 3.8) is 0 Å². The summed E-state index contributed by atoms with van der Waals surface area (Å²) >= 11 is 0. The van der Waals surface area contributed by atoms with Gasteiger partial charge in [0.15, 0.2) is 0 Å². The highest BCUT2D eigenvalue weighted by atomic mass is 16.5. The second-order valence-electron chi connectivity index (χ2n) is 4.03. The first kappa shape index (κ1) is 12.9. The van der Waals surface area contributed by atoms with Crippen LogP contribution in [0.1, 0.15) is 10.4 Å². The number of nitrogens with zero attached hydrogens (tertiary/aromatic N) is 2. The average Bonchev–Trinajstić information content (AvgIpc) is 2.46. The Morgan fingerprint density at radius 1 is 1.37 bits per heavy atom. The number of pyridine rings is 1. The van der Waals surface area contributed by atoms with E-state index in [2.05, 4.69) is 4.98 Å². The van der Waals surface area contributed by atoms with Crippen molar-refractivity contribution in [2.24, 2.45) is 0 Å². The molecular formula is C14H15N3O2. The van der Waals surface area contributed by atoms with Crippen molar-refractivity contribution in [3.05, 3.63) is 48.3 Å². The van der Waals surface area contributed by atoms with E-state index in [-0.39, 0.29) is 5.91 Å². The Morgan fingerprint density at radius 2 is 2.16 bits per heavy atom. The van der Waals surface area contributed by atoms with Crippen molar-refractivity contribution in [3.8, 4) is 5.75 Å². The molecule has 0 saturated carbocycles. The average molecular weight is 257 g/mol. The predicted molar refractivity (Wildman–Crippen MR) is 74.4 cm³/mol. The number of carbonyl (C=O) groups is 1. The molecule has 1 amide bonds. The summed E-state index contributed by atoms with van der Waals surface area (Å²) in [5.74, 6) is 0.507. The van der Waals surface area contributed by atoms with Gasteiger partial charge in [0, 0.05) is 25.0 Å². The zero-order valence-corrected chi connectivity index (χ0v) is 10.8. The van der Waals surface area contributed by atoms with Crippen molar-refractivity contribution >= 4 is 17.3 Å². The number of benzene rings is 1. The number of rotatable bonds is 3. The van der Waals surface area contributed by atoms with Crippen LogP contribution in [-0.4, -0.2) is 25.0 Å². The SMILES string of the molecule is COc1cccc(N(C)C(=O)c2ccncc2N)c1. The van der Waals surface area contributed by atoms with Gasteiger partial charge in [0.25, 0.3) is 5.91 Å². The molecule has 0 fully saturated rings. The number of nitrogens with two attached hydrogens (primary N) is 1. The van der Waals surface area contributed by atoms with Crippen molar-refractivity contribution in [2.75, 3.05) is 24.8 Å². The quantitative estimate of drug-likeness (QED) is 0.912. The third-order valence-corrected chi connectivity index (χ3v) is 2.83. The highest BCUT2D eigenvalue weighted by Gasteiger charge is 2.16. The van der Waals surface area contributed by atoms with E-state index in [9.17, 15) is 4.79 Å². The zero-order valence-electron chi connectivity index (χ0n) is 10.8. The first-order chi connectivity index (χ1) is 9.13. The third-order valence-electron chi connectivity index (χ3n) is 2.83. The molecule has 1 aromatic carbocycles. The first-order valence-corrected chi connectivity index (χ1v) is 5.75. The minimum absolute atomic E-state index is 0.187. The van der Waals surface area contributed by atoms with Gasteiger partial charge in [-0.25, -0.2) is 0 Å². The smallest absolute Gasteiger partial charge is 0.260 e. The maximum Gasteiger partial charge on any atom is 0.260 e. The number of carbonyl (C=O) groups excluding carboxylic acids is 1. The molecule has 0 aliphatic carbocycles. The van der Waals surface area contributed by atoms with E-state index in [0.29, 0.717) is 17.0 Å². The summed E-state index contributed by atoms with van der Waals surface area (Å²) in [6.45, 7) is 0. The normalized spacial score (nSPS) is 10.0. The van der Waals surface area contributed by atoms with Gasteiger partial charge in [-0.2, -0.15) is 0 Å². The first-order valence-electron chi connectivity index (χ1n) is 5.75. The molecule has 0 unspecified atom stereocenters. The second-order valence-corrected chi connectivity index (χ2v) is 4.03.